The predicted molar refractivity (Wildman–Crippen MR) is 71.9 cm³/mol. The predicted octanol–water partition coefficient (Wildman–Crippen LogP) is -0.454. The zero-order valence-corrected chi connectivity index (χ0v) is 11.5. The van der Waals surface area contributed by atoms with Crippen LogP contribution in [0.15, 0.2) is 0 Å². The monoisotopic (exact) mass is 268 g/mol. The van der Waals surface area contributed by atoms with Crippen LogP contribution in [0.1, 0.15) is 12.8 Å². The molecule has 0 aromatic rings. The van der Waals surface area contributed by atoms with Gasteiger partial charge in [0.25, 0.3) is 0 Å². The van der Waals surface area contributed by atoms with Gasteiger partial charge in [-0.15, -0.1) is 0 Å². The van der Waals surface area contributed by atoms with Crippen LogP contribution in [0, 0.1) is 0 Å². The molecule has 3 aliphatic rings. The largest absolute Gasteiger partial charge is 0.378 e. The van der Waals surface area contributed by atoms with E-state index < -0.39 is 0 Å². The second kappa shape index (κ2) is 5.64. The molecule has 3 saturated heterocycles. The van der Waals surface area contributed by atoms with E-state index in [0.29, 0.717) is 12.1 Å². The Kier molecular flexibility index (Phi) is 3.91. The zero-order valence-electron chi connectivity index (χ0n) is 11.5. The van der Waals surface area contributed by atoms with E-state index in [0.717, 1.165) is 39.4 Å². The quantitative estimate of drug-likeness (QED) is 0.736. The van der Waals surface area contributed by atoms with Crippen LogP contribution in [-0.4, -0.2) is 85.3 Å². The highest BCUT2D eigenvalue weighted by molar-refractivity contribution is 5.72. The smallest absolute Gasteiger partial charge is 0.314 e. The fourth-order valence-electron chi connectivity index (χ4n) is 3.36. The summed E-state index contributed by atoms with van der Waals surface area (Å²) in [6.45, 7) is 7.73. The first-order chi connectivity index (χ1) is 9.24. The van der Waals surface area contributed by atoms with Gasteiger partial charge in [-0.1, -0.05) is 0 Å². The van der Waals surface area contributed by atoms with Gasteiger partial charge in [0.1, 0.15) is 0 Å². The number of hydrogen-bond donors (Lipinski definition) is 1. The highest BCUT2D eigenvalue weighted by atomic mass is 16.5. The zero-order chi connectivity index (χ0) is 13.2. The van der Waals surface area contributed by atoms with Gasteiger partial charge in [-0.25, -0.2) is 4.79 Å². The summed E-state index contributed by atoms with van der Waals surface area (Å²) in [7, 11) is 0. The maximum absolute atomic E-state index is 11.1. The molecule has 0 atom stereocenters. The van der Waals surface area contributed by atoms with Crippen molar-refractivity contribution >= 4 is 6.03 Å². The van der Waals surface area contributed by atoms with E-state index in [1.165, 1.54) is 25.9 Å². The van der Waals surface area contributed by atoms with E-state index in [4.69, 9.17) is 10.5 Å². The fraction of sp³-hybridized carbons (Fsp3) is 0.923. The van der Waals surface area contributed by atoms with E-state index in [1.54, 1.807) is 4.90 Å². The molecule has 2 amide bonds. The topological polar surface area (TPSA) is 62.0 Å². The van der Waals surface area contributed by atoms with Crippen molar-refractivity contribution in [2.24, 2.45) is 5.73 Å². The van der Waals surface area contributed by atoms with Crippen LogP contribution in [0.5, 0.6) is 0 Å². The molecule has 0 bridgehead atoms. The Hall–Kier alpha value is -0.850. The number of urea groups is 1. The molecule has 2 N–H and O–H groups in total. The molecule has 0 aliphatic carbocycles. The molecule has 3 aliphatic heterocycles. The molecule has 108 valence electrons. The van der Waals surface area contributed by atoms with Crippen molar-refractivity contribution in [3.8, 4) is 0 Å². The van der Waals surface area contributed by atoms with Gasteiger partial charge in [-0.3, -0.25) is 9.80 Å². The number of ether oxygens (including phenoxy) is 1. The Morgan fingerprint density at radius 2 is 1.47 bits per heavy atom. The molecule has 0 unspecified atom stereocenters. The number of nitrogens with two attached hydrogens (primary N) is 1. The van der Waals surface area contributed by atoms with Gasteiger partial charge in [-0.2, -0.15) is 0 Å². The highest BCUT2D eigenvalue weighted by Gasteiger charge is 2.32. The molecular formula is C13H24N4O2. The fourth-order valence-corrected chi connectivity index (χ4v) is 3.36. The lowest BCUT2D eigenvalue weighted by Gasteiger charge is -2.45. The second-order valence-electron chi connectivity index (χ2n) is 5.82. The van der Waals surface area contributed by atoms with Crippen LogP contribution >= 0.6 is 0 Å². The number of amides is 2. The number of carbonyl (C=O) groups is 1. The molecule has 3 fully saturated rings. The van der Waals surface area contributed by atoms with Gasteiger partial charge in [0.15, 0.2) is 0 Å². The summed E-state index contributed by atoms with van der Waals surface area (Å²) in [5, 5.41) is 0. The maximum Gasteiger partial charge on any atom is 0.314 e. The molecular weight excluding hydrogens is 244 g/mol. The van der Waals surface area contributed by atoms with Crippen molar-refractivity contribution in [2.75, 3.05) is 52.5 Å². The lowest BCUT2D eigenvalue weighted by Crippen LogP contribution is -2.57. The third-order valence-electron chi connectivity index (χ3n) is 4.78. The number of carbonyl (C=O) groups excluding carboxylic acids is 1. The van der Waals surface area contributed by atoms with Crippen LogP contribution in [0.3, 0.4) is 0 Å². The molecule has 3 rings (SSSR count). The lowest BCUT2D eigenvalue weighted by molar-refractivity contribution is -0.0771. The van der Waals surface area contributed by atoms with Crippen molar-refractivity contribution in [2.45, 2.75) is 24.9 Å². The Morgan fingerprint density at radius 3 is 1.95 bits per heavy atom. The number of primary amides is 1. The molecule has 0 spiro atoms. The third kappa shape index (κ3) is 2.85. The SMILES string of the molecule is NC(=O)N1CCN(C2CCN(C3COC3)CC2)CC1. The molecule has 0 aromatic heterocycles. The van der Waals surface area contributed by atoms with Gasteiger partial charge in [0.05, 0.1) is 19.3 Å². The number of likely N-dealkylation sites (tertiary alicyclic amines) is 1. The average Bonchev–Trinajstić information content (AvgIpc) is 2.38. The van der Waals surface area contributed by atoms with Gasteiger partial charge >= 0.3 is 6.03 Å². The first kappa shape index (κ1) is 13.1. The molecule has 6 nitrogen and oxygen atoms in total. The van der Waals surface area contributed by atoms with Crippen molar-refractivity contribution in [3.05, 3.63) is 0 Å². The Labute approximate surface area is 114 Å². The van der Waals surface area contributed by atoms with Crippen LogP contribution in [0.25, 0.3) is 0 Å². The summed E-state index contributed by atoms with van der Waals surface area (Å²) in [5.41, 5.74) is 5.31. The molecule has 0 aromatic carbocycles. The van der Waals surface area contributed by atoms with Crippen molar-refractivity contribution < 1.29 is 9.53 Å². The summed E-state index contributed by atoms with van der Waals surface area (Å²) in [4.78, 5) is 18.0. The second-order valence-corrected chi connectivity index (χ2v) is 5.82. The Morgan fingerprint density at radius 1 is 0.895 bits per heavy atom. The molecule has 19 heavy (non-hydrogen) atoms. The summed E-state index contributed by atoms with van der Waals surface area (Å²) in [6.07, 6.45) is 2.49. The first-order valence-electron chi connectivity index (χ1n) is 7.34. The van der Waals surface area contributed by atoms with E-state index >= 15 is 0 Å². The van der Waals surface area contributed by atoms with E-state index in [9.17, 15) is 4.79 Å². The Balaban J connectivity index is 1.43. The van der Waals surface area contributed by atoms with Crippen LogP contribution in [-0.2, 0) is 4.74 Å². The number of nitrogens with zero attached hydrogens (tertiary/aromatic N) is 3. The average molecular weight is 268 g/mol. The van der Waals surface area contributed by atoms with Crippen LogP contribution in [0.2, 0.25) is 0 Å². The minimum absolute atomic E-state index is 0.278. The summed E-state index contributed by atoms with van der Waals surface area (Å²) in [6, 6.07) is 1.08. The number of piperidine rings is 1. The van der Waals surface area contributed by atoms with E-state index in [2.05, 4.69) is 9.80 Å². The minimum atomic E-state index is -0.278. The number of rotatable bonds is 2. The third-order valence-corrected chi connectivity index (χ3v) is 4.78. The maximum atomic E-state index is 11.1. The number of hydrogen-bond acceptors (Lipinski definition) is 4. The van der Waals surface area contributed by atoms with E-state index in [-0.39, 0.29) is 6.03 Å². The summed E-state index contributed by atoms with van der Waals surface area (Å²) >= 11 is 0. The van der Waals surface area contributed by atoms with Crippen molar-refractivity contribution in [3.63, 3.8) is 0 Å². The molecule has 0 saturated carbocycles. The first-order valence-corrected chi connectivity index (χ1v) is 7.34. The van der Waals surface area contributed by atoms with Gasteiger partial charge in [0, 0.05) is 45.3 Å². The van der Waals surface area contributed by atoms with Crippen LogP contribution < -0.4 is 5.73 Å². The molecule has 3 heterocycles. The molecule has 6 heteroatoms. The standard InChI is InChI=1S/C13H24N4O2/c14-13(18)17-7-5-16(6-8-17)11-1-3-15(4-2-11)12-9-19-10-12/h11-12H,1-10H2,(H2,14,18). The van der Waals surface area contributed by atoms with Crippen molar-refractivity contribution in [1.29, 1.82) is 0 Å². The summed E-state index contributed by atoms with van der Waals surface area (Å²) < 4.78 is 5.26. The normalized spacial score (nSPS) is 28.3. The van der Waals surface area contributed by atoms with Gasteiger partial charge in [-0.05, 0) is 12.8 Å². The summed E-state index contributed by atoms with van der Waals surface area (Å²) in [5.74, 6) is 0. The highest BCUT2D eigenvalue weighted by Crippen LogP contribution is 2.22. The van der Waals surface area contributed by atoms with Gasteiger partial charge < -0.3 is 15.4 Å². The Bertz CT molecular complexity index is 319. The van der Waals surface area contributed by atoms with Gasteiger partial charge in [0.2, 0.25) is 0 Å². The minimum Gasteiger partial charge on any atom is -0.378 e. The van der Waals surface area contributed by atoms with Crippen LogP contribution in [0.4, 0.5) is 4.79 Å². The molecule has 0 radical (unpaired) electrons. The lowest BCUT2D eigenvalue weighted by atomic mass is 10.00. The van der Waals surface area contributed by atoms with E-state index in [1.807, 2.05) is 0 Å². The number of piperazine rings is 1. The van der Waals surface area contributed by atoms with Crippen molar-refractivity contribution in [1.82, 2.24) is 14.7 Å².